The van der Waals surface area contributed by atoms with E-state index in [1.807, 2.05) is 37.3 Å². The molecule has 1 aromatic heterocycles. The lowest BCUT2D eigenvalue weighted by molar-refractivity contribution is -0.144. The minimum absolute atomic E-state index is 0.170. The summed E-state index contributed by atoms with van der Waals surface area (Å²) in [5, 5.41) is 10.3. The van der Waals surface area contributed by atoms with Gasteiger partial charge >= 0.3 is 5.97 Å². The first-order chi connectivity index (χ1) is 11.2. The van der Waals surface area contributed by atoms with Gasteiger partial charge in [0, 0.05) is 11.6 Å². The summed E-state index contributed by atoms with van der Waals surface area (Å²) in [5.74, 6) is 0.297. The molecule has 122 valence electrons. The van der Waals surface area contributed by atoms with Crippen LogP contribution in [0.1, 0.15) is 39.0 Å². The normalized spacial score (nSPS) is 22.7. The van der Waals surface area contributed by atoms with Gasteiger partial charge in [0.2, 0.25) is 0 Å². The van der Waals surface area contributed by atoms with Gasteiger partial charge in [0.05, 0.1) is 17.5 Å². The number of carboxylic acid groups (broad SMARTS) is 1. The number of rotatable bonds is 5. The second-order valence-corrected chi connectivity index (χ2v) is 6.33. The molecule has 0 radical (unpaired) electrons. The number of carboxylic acids is 1. The van der Waals surface area contributed by atoms with E-state index in [4.69, 9.17) is 4.74 Å². The van der Waals surface area contributed by atoms with E-state index in [1.54, 1.807) is 6.20 Å². The van der Waals surface area contributed by atoms with Crippen LogP contribution in [0.25, 0.3) is 10.9 Å². The van der Waals surface area contributed by atoms with Gasteiger partial charge in [-0.15, -0.1) is 0 Å². The highest BCUT2D eigenvalue weighted by molar-refractivity contribution is 5.84. The first-order valence-electron chi connectivity index (χ1n) is 8.42. The van der Waals surface area contributed by atoms with Crippen molar-refractivity contribution in [3.8, 4) is 5.75 Å². The van der Waals surface area contributed by atoms with Gasteiger partial charge in [0.25, 0.3) is 0 Å². The standard InChI is InChI=1S/C19H23NO3/c1-2-15(19(21)22)13-7-9-14(10-8-13)23-18-11-12-20-17-6-4-3-5-16(17)18/h3-6,11-15H,2,7-10H2,1H3,(H,21,22). The van der Waals surface area contributed by atoms with E-state index >= 15 is 0 Å². The predicted octanol–water partition coefficient (Wildman–Crippen LogP) is 4.28. The molecule has 1 heterocycles. The van der Waals surface area contributed by atoms with Gasteiger partial charge in [0.1, 0.15) is 5.75 Å². The highest BCUT2D eigenvalue weighted by Gasteiger charge is 2.31. The molecule has 0 saturated heterocycles. The van der Waals surface area contributed by atoms with E-state index in [2.05, 4.69) is 4.98 Å². The van der Waals surface area contributed by atoms with Crippen molar-refractivity contribution in [3.63, 3.8) is 0 Å². The summed E-state index contributed by atoms with van der Waals surface area (Å²) in [5.41, 5.74) is 0.940. The highest BCUT2D eigenvalue weighted by Crippen LogP contribution is 2.35. The van der Waals surface area contributed by atoms with Crippen LogP contribution in [0.15, 0.2) is 36.5 Å². The zero-order chi connectivity index (χ0) is 16.2. The molecule has 1 N–H and O–H groups in total. The summed E-state index contributed by atoms with van der Waals surface area (Å²) in [6, 6.07) is 9.90. The number of ether oxygens (including phenoxy) is 1. The predicted molar refractivity (Wildman–Crippen MR) is 89.5 cm³/mol. The van der Waals surface area contributed by atoms with Crippen LogP contribution in [0.5, 0.6) is 5.75 Å². The molecular weight excluding hydrogens is 290 g/mol. The Hall–Kier alpha value is -2.10. The minimum Gasteiger partial charge on any atom is -0.490 e. The first-order valence-corrected chi connectivity index (χ1v) is 8.42. The van der Waals surface area contributed by atoms with Crippen molar-refractivity contribution in [3.05, 3.63) is 36.5 Å². The van der Waals surface area contributed by atoms with Crippen LogP contribution in [0.4, 0.5) is 0 Å². The maximum Gasteiger partial charge on any atom is 0.306 e. The number of pyridine rings is 1. The molecule has 23 heavy (non-hydrogen) atoms. The molecule has 0 amide bonds. The summed E-state index contributed by atoms with van der Waals surface area (Å²) in [4.78, 5) is 15.7. The van der Waals surface area contributed by atoms with Crippen LogP contribution < -0.4 is 4.74 Å². The second-order valence-electron chi connectivity index (χ2n) is 6.33. The lowest BCUT2D eigenvalue weighted by Gasteiger charge is -2.32. The summed E-state index contributed by atoms with van der Waals surface area (Å²) >= 11 is 0. The Morgan fingerprint density at radius 1 is 1.26 bits per heavy atom. The Morgan fingerprint density at radius 2 is 2.00 bits per heavy atom. The highest BCUT2D eigenvalue weighted by atomic mass is 16.5. The lowest BCUT2D eigenvalue weighted by atomic mass is 9.78. The third-order valence-corrected chi connectivity index (χ3v) is 4.95. The van der Waals surface area contributed by atoms with Crippen LogP contribution >= 0.6 is 0 Å². The molecule has 4 nitrogen and oxygen atoms in total. The Bertz CT molecular complexity index is 672. The van der Waals surface area contributed by atoms with Crippen LogP contribution in [0.3, 0.4) is 0 Å². The van der Waals surface area contributed by atoms with E-state index in [0.29, 0.717) is 6.42 Å². The minimum atomic E-state index is -0.656. The molecule has 1 aromatic carbocycles. The average molecular weight is 313 g/mol. The summed E-state index contributed by atoms with van der Waals surface area (Å²) in [6.07, 6.45) is 6.36. The fraction of sp³-hybridized carbons (Fsp3) is 0.474. The van der Waals surface area contributed by atoms with Crippen molar-refractivity contribution in [1.82, 2.24) is 4.98 Å². The molecule has 3 rings (SSSR count). The van der Waals surface area contributed by atoms with Gasteiger partial charge in [-0.25, -0.2) is 0 Å². The molecule has 4 heteroatoms. The van der Waals surface area contributed by atoms with Crippen LogP contribution in [0.2, 0.25) is 0 Å². The van der Waals surface area contributed by atoms with E-state index in [0.717, 1.165) is 42.3 Å². The van der Waals surface area contributed by atoms with Gasteiger partial charge in [-0.2, -0.15) is 0 Å². The number of benzene rings is 1. The number of aromatic nitrogens is 1. The number of nitrogens with zero attached hydrogens (tertiary/aromatic N) is 1. The maximum absolute atomic E-state index is 11.3. The Morgan fingerprint density at radius 3 is 2.70 bits per heavy atom. The molecule has 1 aliphatic rings. The molecule has 1 aliphatic carbocycles. The van der Waals surface area contributed by atoms with Crippen molar-refractivity contribution < 1.29 is 14.6 Å². The van der Waals surface area contributed by atoms with Gasteiger partial charge in [-0.1, -0.05) is 19.1 Å². The Labute approximate surface area is 136 Å². The van der Waals surface area contributed by atoms with Gasteiger partial charge in [-0.05, 0) is 56.2 Å². The topological polar surface area (TPSA) is 59.4 Å². The number of aliphatic carboxylic acids is 1. The quantitative estimate of drug-likeness (QED) is 0.895. The molecule has 0 bridgehead atoms. The summed E-state index contributed by atoms with van der Waals surface area (Å²) in [6.45, 7) is 1.96. The number of carbonyl (C=O) groups is 1. The zero-order valence-electron chi connectivity index (χ0n) is 13.4. The molecule has 1 unspecified atom stereocenters. The SMILES string of the molecule is CCC(C(=O)O)C1CCC(Oc2ccnc3ccccc23)CC1. The molecule has 1 saturated carbocycles. The van der Waals surface area contributed by atoms with Crippen LogP contribution in [0, 0.1) is 11.8 Å². The lowest BCUT2D eigenvalue weighted by Crippen LogP contribution is -2.31. The number of hydrogen-bond acceptors (Lipinski definition) is 3. The molecular formula is C19H23NO3. The summed E-state index contributed by atoms with van der Waals surface area (Å²) < 4.78 is 6.20. The van der Waals surface area contributed by atoms with Gasteiger partial charge in [0.15, 0.2) is 0 Å². The van der Waals surface area contributed by atoms with Crippen molar-refractivity contribution >= 4 is 16.9 Å². The fourth-order valence-electron chi connectivity index (χ4n) is 3.67. The van der Waals surface area contributed by atoms with Crippen molar-refractivity contribution in [1.29, 1.82) is 0 Å². The Kier molecular flexibility index (Phi) is 4.79. The number of para-hydroxylation sites is 1. The van der Waals surface area contributed by atoms with E-state index < -0.39 is 5.97 Å². The number of fused-ring (bicyclic) bond motifs is 1. The maximum atomic E-state index is 11.3. The van der Waals surface area contributed by atoms with E-state index in [-0.39, 0.29) is 17.9 Å². The van der Waals surface area contributed by atoms with Crippen LogP contribution in [-0.2, 0) is 4.79 Å². The van der Waals surface area contributed by atoms with Crippen molar-refractivity contribution in [2.75, 3.05) is 0 Å². The monoisotopic (exact) mass is 313 g/mol. The molecule has 0 spiro atoms. The van der Waals surface area contributed by atoms with Gasteiger partial charge in [-0.3, -0.25) is 9.78 Å². The van der Waals surface area contributed by atoms with Crippen LogP contribution in [-0.4, -0.2) is 22.2 Å². The van der Waals surface area contributed by atoms with E-state index in [9.17, 15) is 9.90 Å². The van der Waals surface area contributed by atoms with Gasteiger partial charge < -0.3 is 9.84 Å². The third-order valence-electron chi connectivity index (χ3n) is 4.95. The second kappa shape index (κ2) is 6.99. The van der Waals surface area contributed by atoms with Crippen molar-refractivity contribution in [2.24, 2.45) is 11.8 Å². The van der Waals surface area contributed by atoms with Crippen molar-refractivity contribution in [2.45, 2.75) is 45.1 Å². The Balaban J connectivity index is 1.65. The third kappa shape index (κ3) is 3.46. The largest absolute Gasteiger partial charge is 0.490 e. The molecule has 2 aromatic rings. The fourth-order valence-corrected chi connectivity index (χ4v) is 3.67. The zero-order valence-corrected chi connectivity index (χ0v) is 13.4. The first kappa shape index (κ1) is 15.8. The van der Waals surface area contributed by atoms with E-state index in [1.165, 1.54) is 0 Å². The molecule has 1 atom stereocenters. The molecule has 0 aliphatic heterocycles. The number of hydrogen-bond donors (Lipinski definition) is 1. The summed E-state index contributed by atoms with van der Waals surface area (Å²) in [7, 11) is 0. The molecule has 1 fully saturated rings. The average Bonchev–Trinajstić information content (AvgIpc) is 2.57. The smallest absolute Gasteiger partial charge is 0.306 e.